The minimum atomic E-state index is -0.529. The molecule has 0 N–H and O–H groups in total. The summed E-state index contributed by atoms with van der Waals surface area (Å²) in [6.45, 7) is 0.485. The molecule has 0 aliphatic heterocycles. The Kier molecular flexibility index (Phi) is 4.98. The molecule has 0 spiro atoms. The van der Waals surface area contributed by atoms with Crippen molar-refractivity contribution in [3.63, 3.8) is 0 Å². The Balaban J connectivity index is 2.72. The summed E-state index contributed by atoms with van der Waals surface area (Å²) in [5, 5.41) is 8.47. The van der Waals surface area contributed by atoms with Crippen molar-refractivity contribution in [1.82, 2.24) is 4.90 Å². The Morgan fingerprint density at radius 1 is 1.59 bits per heavy atom. The quantitative estimate of drug-likeness (QED) is 0.799. The van der Waals surface area contributed by atoms with Gasteiger partial charge in [-0.3, -0.25) is 4.79 Å². The fourth-order valence-corrected chi connectivity index (χ4v) is 1.83. The summed E-state index contributed by atoms with van der Waals surface area (Å²) in [6, 6.07) is 7.30. The molecule has 0 radical (unpaired) electrons. The van der Waals surface area contributed by atoms with Crippen molar-refractivity contribution in [2.24, 2.45) is 0 Å². The number of halogens is 1. The van der Waals surface area contributed by atoms with E-state index in [1.807, 2.05) is 18.2 Å². The Bertz CT molecular complexity index is 454. The number of methoxy groups -OCH3 is 1. The smallest absolute Gasteiger partial charge is 0.324 e. The van der Waals surface area contributed by atoms with Gasteiger partial charge in [0.1, 0.15) is 5.75 Å². The van der Waals surface area contributed by atoms with E-state index < -0.39 is 5.91 Å². The third-order valence-corrected chi connectivity index (χ3v) is 2.89. The number of nitrogens with zero attached hydrogens (tertiary/aromatic N) is 2. The van der Waals surface area contributed by atoms with Crippen LogP contribution in [0.25, 0.3) is 0 Å². The lowest BCUT2D eigenvalue weighted by molar-refractivity contribution is -0.124. The van der Waals surface area contributed by atoms with Gasteiger partial charge in [0.15, 0.2) is 6.07 Å². The second-order valence-corrected chi connectivity index (χ2v) is 4.46. The zero-order valence-corrected chi connectivity index (χ0v) is 11.3. The van der Waals surface area contributed by atoms with E-state index in [4.69, 9.17) is 10.00 Å². The maximum atomic E-state index is 11.1. The summed E-state index contributed by atoms with van der Waals surface area (Å²) in [4.78, 5) is 12.5. The number of ether oxygens (including phenoxy) is 1. The lowest BCUT2D eigenvalue weighted by Crippen LogP contribution is -2.27. The molecule has 0 aliphatic rings. The number of rotatable bonds is 4. The molecule has 0 aliphatic carbocycles. The van der Waals surface area contributed by atoms with Crippen LogP contribution in [0, 0.1) is 11.3 Å². The fourth-order valence-electron chi connectivity index (χ4n) is 1.42. The maximum absolute atomic E-state index is 11.1. The van der Waals surface area contributed by atoms with Gasteiger partial charge in [-0.15, -0.1) is 0 Å². The van der Waals surface area contributed by atoms with E-state index in [0.29, 0.717) is 13.0 Å². The van der Waals surface area contributed by atoms with Gasteiger partial charge in [-0.25, -0.2) is 0 Å². The molecule has 1 amide bonds. The van der Waals surface area contributed by atoms with Crippen molar-refractivity contribution < 1.29 is 9.53 Å². The Morgan fingerprint density at radius 3 is 2.88 bits per heavy atom. The summed E-state index contributed by atoms with van der Waals surface area (Å²) >= 11 is 3.39. The molecular weight excluding hydrogens is 284 g/mol. The van der Waals surface area contributed by atoms with Gasteiger partial charge in [-0.05, 0) is 30.2 Å². The van der Waals surface area contributed by atoms with Crippen LogP contribution in [-0.2, 0) is 11.2 Å². The van der Waals surface area contributed by atoms with Crippen LogP contribution in [0.5, 0.6) is 5.75 Å². The van der Waals surface area contributed by atoms with E-state index in [2.05, 4.69) is 15.9 Å². The Hall–Kier alpha value is -1.54. The SMILES string of the molecule is COc1ccc(Br)cc1CCN(C)C(=O)C#N. The van der Waals surface area contributed by atoms with E-state index in [9.17, 15) is 4.79 Å². The molecular formula is C12H13BrN2O2. The molecule has 90 valence electrons. The third kappa shape index (κ3) is 3.75. The van der Waals surface area contributed by atoms with E-state index in [0.717, 1.165) is 15.8 Å². The molecule has 0 bridgehead atoms. The van der Waals surface area contributed by atoms with Crippen molar-refractivity contribution in [2.45, 2.75) is 6.42 Å². The summed E-state index contributed by atoms with van der Waals surface area (Å²) in [6.07, 6.45) is 0.645. The van der Waals surface area contributed by atoms with E-state index >= 15 is 0 Å². The average Bonchev–Trinajstić information content (AvgIpc) is 2.35. The predicted octanol–water partition coefficient (Wildman–Crippen LogP) is 1.98. The number of benzene rings is 1. The summed E-state index contributed by atoms with van der Waals surface area (Å²) in [7, 11) is 3.22. The minimum Gasteiger partial charge on any atom is -0.496 e. The number of hydrogen-bond acceptors (Lipinski definition) is 3. The summed E-state index contributed by atoms with van der Waals surface area (Å²) in [5.41, 5.74) is 1.000. The molecule has 1 rings (SSSR count). The summed E-state index contributed by atoms with van der Waals surface area (Å²) in [5.74, 6) is 0.255. The molecule has 0 atom stereocenters. The molecule has 1 aromatic carbocycles. The van der Waals surface area contributed by atoms with Gasteiger partial charge >= 0.3 is 5.91 Å². The third-order valence-electron chi connectivity index (χ3n) is 2.40. The largest absolute Gasteiger partial charge is 0.496 e. The lowest BCUT2D eigenvalue weighted by atomic mass is 10.1. The molecule has 0 heterocycles. The molecule has 0 saturated heterocycles. The number of carbonyl (C=O) groups excluding carboxylic acids is 1. The lowest BCUT2D eigenvalue weighted by Gasteiger charge is -2.14. The van der Waals surface area contributed by atoms with Gasteiger partial charge in [0, 0.05) is 18.1 Å². The first-order chi connectivity index (χ1) is 8.08. The van der Waals surface area contributed by atoms with E-state index in [-0.39, 0.29) is 0 Å². The van der Waals surface area contributed by atoms with Crippen LogP contribution in [-0.4, -0.2) is 31.5 Å². The number of hydrogen-bond donors (Lipinski definition) is 0. The van der Waals surface area contributed by atoms with Gasteiger partial charge in [-0.2, -0.15) is 5.26 Å². The first-order valence-electron chi connectivity index (χ1n) is 5.06. The number of nitriles is 1. The monoisotopic (exact) mass is 296 g/mol. The molecule has 1 aromatic rings. The van der Waals surface area contributed by atoms with Gasteiger partial charge in [0.05, 0.1) is 7.11 Å². The number of carbonyl (C=O) groups is 1. The normalized spacial score (nSPS) is 9.53. The van der Waals surface area contributed by atoms with Crippen molar-refractivity contribution in [1.29, 1.82) is 5.26 Å². The zero-order chi connectivity index (χ0) is 12.8. The summed E-state index contributed by atoms with van der Waals surface area (Å²) < 4.78 is 6.19. The molecule has 0 fully saturated rings. The highest BCUT2D eigenvalue weighted by Crippen LogP contribution is 2.23. The number of likely N-dealkylation sites (N-methyl/N-ethyl adjacent to an activating group) is 1. The zero-order valence-electron chi connectivity index (χ0n) is 9.74. The second-order valence-electron chi connectivity index (χ2n) is 3.54. The molecule has 4 nitrogen and oxygen atoms in total. The number of amides is 1. The Labute approximate surface area is 109 Å². The van der Waals surface area contributed by atoms with Crippen molar-refractivity contribution in [2.75, 3.05) is 20.7 Å². The minimum absolute atomic E-state index is 0.485. The van der Waals surface area contributed by atoms with Crippen molar-refractivity contribution in [3.05, 3.63) is 28.2 Å². The maximum Gasteiger partial charge on any atom is 0.324 e. The molecule has 0 unspecified atom stereocenters. The van der Waals surface area contributed by atoms with Gasteiger partial charge in [0.25, 0.3) is 0 Å². The molecule has 0 saturated carbocycles. The predicted molar refractivity (Wildman–Crippen MR) is 67.6 cm³/mol. The average molecular weight is 297 g/mol. The molecule has 17 heavy (non-hydrogen) atoms. The van der Waals surface area contributed by atoms with Gasteiger partial charge in [0.2, 0.25) is 0 Å². The second kappa shape index (κ2) is 6.26. The highest BCUT2D eigenvalue weighted by atomic mass is 79.9. The van der Waals surface area contributed by atoms with Crippen LogP contribution >= 0.6 is 15.9 Å². The van der Waals surface area contributed by atoms with Crippen LogP contribution in [0.2, 0.25) is 0 Å². The van der Waals surface area contributed by atoms with Crippen molar-refractivity contribution >= 4 is 21.8 Å². The van der Waals surface area contributed by atoms with Crippen LogP contribution < -0.4 is 4.74 Å². The topological polar surface area (TPSA) is 53.3 Å². The molecule has 5 heteroatoms. The standard InChI is InChI=1S/C12H13BrN2O2/c1-15(12(16)8-14)6-5-9-7-10(13)3-4-11(9)17-2/h3-4,7H,5-6H2,1-2H3. The highest BCUT2D eigenvalue weighted by molar-refractivity contribution is 9.10. The fraction of sp³-hybridized carbons (Fsp3) is 0.333. The van der Waals surface area contributed by atoms with Crippen LogP contribution in [0.1, 0.15) is 5.56 Å². The van der Waals surface area contributed by atoms with Crippen LogP contribution in [0.3, 0.4) is 0 Å². The molecule has 0 aromatic heterocycles. The van der Waals surface area contributed by atoms with E-state index in [1.165, 1.54) is 4.90 Å². The Morgan fingerprint density at radius 2 is 2.29 bits per heavy atom. The van der Waals surface area contributed by atoms with Crippen LogP contribution in [0.4, 0.5) is 0 Å². The van der Waals surface area contributed by atoms with Gasteiger partial charge in [-0.1, -0.05) is 15.9 Å². The first-order valence-corrected chi connectivity index (χ1v) is 5.85. The van der Waals surface area contributed by atoms with Gasteiger partial charge < -0.3 is 9.64 Å². The van der Waals surface area contributed by atoms with Crippen LogP contribution in [0.15, 0.2) is 22.7 Å². The first kappa shape index (κ1) is 13.5. The van der Waals surface area contributed by atoms with Crippen molar-refractivity contribution in [3.8, 4) is 11.8 Å². The van der Waals surface area contributed by atoms with E-state index in [1.54, 1.807) is 20.2 Å². The highest BCUT2D eigenvalue weighted by Gasteiger charge is 2.09.